The highest BCUT2D eigenvalue weighted by Crippen LogP contribution is 2.29. The number of methoxy groups -OCH3 is 2. The molecule has 1 amide bonds. The molecule has 19 heavy (non-hydrogen) atoms. The van der Waals surface area contributed by atoms with Crippen molar-refractivity contribution in [1.82, 2.24) is 5.32 Å². The fraction of sp³-hybridized carbons (Fsp3) is 0.462. The van der Waals surface area contributed by atoms with Gasteiger partial charge in [0.25, 0.3) is 5.91 Å². The molecule has 1 aliphatic heterocycles. The number of hydrogen-bond acceptors (Lipinski definition) is 5. The molecule has 0 radical (unpaired) electrons. The molecule has 104 valence electrons. The molecule has 0 aliphatic carbocycles. The highest BCUT2D eigenvalue weighted by Gasteiger charge is 2.22. The second kappa shape index (κ2) is 6.40. The van der Waals surface area contributed by atoms with Gasteiger partial charge in [0, 0.05) is 19.2 Å². The highest BCUT2D eigenvalue weighted by atomic mass is 16.5. The lowest BCUT2D eigenvalue weighted by Gasteiger charge is -2.23. The molecule has 2 rings (SSSR count). The molecule has 0 spiro atoms. The summed E-state index contributed by atoms with van der Waals surface area (Å²) in [6.07, 6.45) is -0.472. The first kappa shape index (κ1) is 13.6. The SMILES string of the molecule is COc1ccc(NC(=O)C2CNCCO2)c(OC)c1. The number of nitrogens with one attached hydrogen (secondary N) is 2. The van der Waals surface area contributed by atoms with Crippen LogP contribution in [-0.4, -0.2) is 45.9 Å². The Kier molecular flexibility index (Phi) is 4.59. The van der Waals surface area contributed by atoms with Crippen LogP contribution in [0.25, 0.3) is 0 Å². The molecule has 0 bridgehead atoms. The summed E-state index contributed by atoms with van der Waals surface area (Å²) in [5.41, 5.74) is 0.600. The molecule has 1 saturated heterocycles. The van der Waals surface area contributed by atoms with E-state index in [1.165, 1.54) is 0 Å². The Bertz CT molecular complexity index is 444. The number of carbonyl (C=O) groups is 1. The summed E-state index contributed by atoms with van der Waals surface area (Å²) < 4.78 is 15.7. The Hall–Kier alpha value is -1.79. The highest BCUT2D eigenvalue weighted by molar-refractivity contribution is 5.95. The molecule has 1 unspecified atom stereocenters. The van der Waals surface area contributed by atoms with E-state index in [9.17, 15) is 4.79 Å². The Morgan fingerprint density at radius 1 is 1.42 bits per heavy atom. The van der Waals surface area contributed by atoms with Crippen molar-refractivity contribution in [3.05, 3.63) is 18.2 Å². The van der Waals surface area contributed by atoms with Gasteiger partial charge in [0.15, 0.2) is 0 Å². The number of ether oxygens (including phenoxy) is 3. The van der Waals surface area contributed by atoms with E-state index in [4.69, 9.17) is 14.2 Å². The first-order valence-corrected chi connectivity index (χ1v) is 6.10. The van der Waals surface area contributed by atoms with Gasteiger partial charge in [-0.1, -0.05) is 0 Å². The van der Waals surface area contributed by atoms with E-state index in [1.807, 2.05) is 0 Å². The van der Waals surface area contributed by atoms with Crippen molar-refractivity contribution in [2.75, 3.05) is 39.2 Å². The van der Waals surface area contributed by atoms with Crippen LogP contribution in [0.4, 0.5) is 5.69 Å². The van der Waals surface area contributed by atoms with Crippen LogP contribution in [0.1, 0.15) is 0 Å². The van der Waals surface area contributed by atoms with Crippen LogP contribution in [0.3, 0.4) is 0 Å². The lowest BCUT2D eigenvalue weighted by atomic mass is 10.2. The lowest BCUT2D eigenvalue weighted by molar-refractivity contribution is -0.128. The lowest BCUT2D eigenvalue weighted by Crippen LogP contribution is -2.45. The van der Waals surface area contributed by atoms with Gasteiger partial charge in [-0.05, 0) is 12.1 Å². The zero-order valence-corrected chi connectivity index (χ0v) is 11.1. The number of carbonyl (C=O) groups excluding carboxylic acids is 1. The Labute approximate surface area is 112 Å². The van der Waals surface area contributed by atoms with Crippen molar-refractivity contribution < 1.29 is 19.0 Å². The minimum Gasteiger partial charge on any atom is -0.497 e. The predicted molar refractivity (Wildman–Crippen MR) is 70.8 cm³/mol. The monoisotopic (exact) mass is 266 g/mol. The molecule has 1 aliphatic rings. The third-order valence-corrected chi connectivity index (χ3v) is 2.89. The maximum Gasteiger partial charge on any atom is 0.254 e. The first-order valence-electron chi connectivity index (χ1n) is 6.10. The second-order valence-electron chi connectivity index (χ2n) is 4.12. The third-order valence-electron chi connectivity index (χ3n) is 2.89. The maximum absolute atomic E-state index is 12.0. The van der Waals surface area contributed by atoms with Gasteiger partial charge in [0.05, 0.1) is 26.5 Å². The molecule has 6 heteroatoms. The van der Waals surface area contributed by atoms with Gasteiger partial charge in [-0.3, -0.25) is 4.79 Å². The molecule has 1 aromatic rings. The largest absolute Gasteiger partial charge is 0.497 e. The number of amides is 1. The molecule has 1 atom stereocenters. The van der Waals surface area contributed by atoms with Crippen LogP contribution in [-0.2, 0) is 9.53 Å². The quantitative estimate of drug-likeness (QED) is 0.836. The van der Waals surface area contributed by atoms with E-state index < -0.39 is 6.10 Å². The number of anilines is 1. The summed E-state index contributed by atoms with van der Waals surface area (Å²) in [4.78, 5) is 12.0. The van der Waals surface area contributed by atoms with Crippen LogP contribution in [0.5, 0.6) is 11.5 Å². The number of morpholine rings is 1. The van der Waals surface area contributed by atoms with Crippen LogP contribution in [0.15, 0.2) is 18.2 Å². The van der Waals surface area contributed by atoms with Crippen molar-refractivity contribution in [1.29, 1.82) is 0 Å². The van der Waals surface area contributed by atoms with Crippen LogP contribution >= 0.6 is 0 Å². The van der Waals surface area contributed by atoms with Crippen molar-refractivity contribution in [3.8, 4) is 11.5 Å². The first-order chi connectivity index (χ1) is 9.24. The molecule has 2 N–H and O–H groups in total. The summed E-state index contributed by atoms with van der Waals surface area (Å²) in [5.74, 6) is 1.04. The Morgan fingerprint density at radius 3 is 2.89 bits per heavy atom. The van der Waals surface area contributed by atoms with Gasteiger partial charge in [-0.15, -0.1) is 0 Å². The van der Waals surface area contributed by atoms with E-state index >= 15 is 0 Å². The molecule has 6 nitrogen and oxygen atoms in total. The van der Waals surface area contributed by atoms with Gasteiger partial charge in [0.2, 0.25) is 0 Å². The molecular formula is C13H18N2O4. The van der Waals surface area contributed by atoms with Crippen molar-refractivity contribution in [2.24, 2.45) is 0 Å². The predicted octanol–water partition coefficient (Wildman–Crippen LogP) is 0.631. The van der Waals surface area contributed by atoms with Gasteiger partial charge >= 0.3 is 0 Å². The molecule has 0 saturated carbocycles. The second-order valence-corrected chi connectivity index (χ2v) is 4.12. The maximum atomic E-state index is 12.0. The summed E-state index contributed by atoms with van der Waals surface area (Å²) in [6, 6.07) is 5.22. The molecule has 1 fully saturated rings. The van der Waals surface area contributed by atoms with Gasteiger partial charge in [-0.2, -0.15) is 0 Å². The van der Waals surface area contributed by atoms with Crippen molar-refractivity contribution in [3.63, 3.8) is 0 Å². The Morgan fingerprint density at radius 2 is 2.26 bits per heavy atom. The van der Waals surface area contributed by atoms with Crippen molar-refractivity contribution in [2.45, 2.75) is 6.10 Å². The zero-order valence-electron chi connectivity index (χ0n) is 11.1. The Balaban J connectivity index is 2.07. The standard InChI is InChI=1S/C13H18N2O4/c1-17-9-3-4-10(11(7-9)18-2)15-13(16)12-8-14-5-6-19-12/h3-4,7,12,14H,5-6,8H2,1-2H3,(H,15,16). The average molecular weight is 266 g/mol. The van der Waals surface area contributed by atoms with Gasteiger partial charge < -0.3 is 24.8 Å². The number of hydrogen-bond donors (Lipinski definition) is 2. The minimum atomic E-state index is -0.472. The summed E-state index contributed by atoms with van der Waals surface area (Å²) >= 11 is 0. The van der Waals surface area contributed by atoms with Crippen LogP contribution < -0.4 is 20.1 Å². The number of benzene rings is 1. The topological polar surface area (TPSA) is 68.8 Å². The average Bonchev–Trinajstić information content (AvgIpc) is 2.48. The number of rotatable bonds is 4. The van der Waals surface area contributed by atoms with E-state index in [0.29, 0.717) is 30.3 Å². The molecule has 0 aromatic heterocycles. The van der Waals surface area contributed by atoms with E-state index in [0.717, 1.165) is 6.54 Å². The van der Waals surface area contributed by atoms with Gasteiger partial charge in [-0.25, -0.2) is 0 Å². The van der Waals surface area contributed by atoms with Crippen LogP contribution in [0, 0.1) is 0 Å². The molecule has 1 aromatic carbocycles. The smallest absolute Gasteiger partial charge is 0.254 e. The molecular weight excluding hydrogens is 248 g/mol. The van der Waals surface area contributed by atoms with E-state index in [-0.39, 0.29) is 5.91 Å². The summed E-state index contributed by atoms with van der Waals surface area (Å²) in [7, 11) is 3.12. The fourth-order valence-corrected chi connectivity index (χ4v) is 1.85. The minimum absolute atomic E-state index is 0.185. The fourth-order valence-electron chi connectivity index (χ4n) is 1.85. The molecule has 1 heterocycles. The normalized spacial score (nSPS) is 18.7. The van der Waals surface area contributed by atoms with E-state index in [2.05, 4.69) is 10.6 Å². The van der Waals surface area contributed by atoms with E-state index in [1.54, 1.807) is 32.4 Å². The zero-order chi connectivity index (χ0) is 13.7. The summed E-state index contributed by atoms with van der Waals surface area (Å²) in [5, 5.41) is 5.91. The van der Waals surface area contributed by atoms with Gasteiger partial charge in [0.1, 0.15) is 17.6 Å². The summed E-state index contributed by atoms with van der Waals surface area (Å²) in [6.45, 7) is 1.83. The van der Waals surface area contributed by atoms with Crippen LogP contribution in [0.2, 0.25) is 0 Å². The third kappa shape index (κ3) is 3.36. The van der Waals surface area contributed by atoms with Crippen molar-refractivity contribution >= 4 is 11.6 Å².